The predicted molar refractivity (Wildman–Crippen MR) is 98.0 cm³/mol. The Morgan fingerprint density at radius 3 is 2.60 bits per heavy atom. The summed E-state index contributed by atoms with van der Waals surface area (Å²) in [5, 5.41) is 0. The van der Waals surface area contributed by atoms with E-state index in [1.165, 1.54) is 0 Å². The van der Waals surface area contributed by atoms with Crippen molar-refractivity contribution in [1.29, 1.82) is 0 Å². The Labute approximate surface area is 149 Å². The molecule has 25 heavy (non-hydrogen) atoms. The second-order valence-electron chi connectivity index (χ2n) is 7.05. The average molecular weight is 339 g/mol. The molecule has 0 N–H and O–H groups in total. The molecule has 1 aromatic rings. The summed E-state index contributed by atoms with van der Waals surface area (Å²) in [4.78, 5) is 26.7. The number of aryl methyl sites for hydroxylation is 2. The number of carbonyl (C=O) groups is 2. The van der Waals surface area contributed by atoms with E-state index in [4.69, 9.17) is 4.74 Å². The van der Waals surface area contributed by atoms with Crippen molar-refractivity contribution >= 4 is 11.7 Å². The van der Waals surface area contributed by atoms with Gasteiger partial charge in [0.1, 0.15) is 11.4 Å². The number of likely N-dealkylation sites (tertiary alicyclic amines) is 1. The first kappa shape index (κ1) is 17.5. The number of allylic oxidation sites excluding steroid dienone is 3. The molecule has 1 amide bonds. The molecule has 0 radical (unpaired) electrons. The van der Waals surface area contributed by atoms with Crippen LogP contribution in [0.5, 0.6) is 5.75 Å². The number of hydrogen-bond acceptors (Lipinski definition) is 3. The normalized spacial score (nSPS) is 19.5. The van der Waals surface area contributed by atoms with E-state index in [-0.39, 0.29) is 11.7 Å². The summed E-state index contributed by atoms with van der Waals surface area (Å²) < 4.78 is 6.33. The van der Waals surface area contributed by atoms with Crippen molar-refractivity contribution in [3.8, 4) is 5.75 Å². The number of nitrogens with zero attached hydrogens (tertiary/aromatic N) is 1. The standard InChI is InChI=1S/C21H25NO3/c1-4-5-6-7-19(24)22-10-8-21(9-11-22)14-17(23)20-16(3)12-15(2)13-18(20)25-21/h4-7,12-13H,8-11,14H2,1-3H3/b5-4+,7-6+. The van der Waals surface area contributed by atoms with E-state index >= 15 is 0 Å². The molecule has 3 rings (SSSR count). The number of ketones is 1. The lowest BCUT2D eigenvalue weighted by atomic mass is 9.81. The number of piperidine rings is 1. The summed E-state index contributed by atoms with van der Waals surface area (Å²) in [6.45, 7) is 7.13. The van der Waals surface area contributed by atoms with E-state index in [2.05, 4.69) is 0 Å². The molecule has 0 unspecified atom stereocenters. The van der Waals surface area contributed by atoms with Gasteiger partial charge in [0.05, 0.1) is 12.0 Å². The molecule has 0 saturated carbocycles. The van der Waals surface area contributed by atoms with Gasteiger partial charge in [-0.05, 0) is 38.0 Å². The maximum atomic E-state index is 12.7. The molecule has 1 fully saturated rings. The molecule has 0 bridgehead atoms. The first-order chi connectivity index (χ1) is 11.9. The van der Waals surface area contributed by atoms with Gasteiger partial charge in [0, 0.05) is 32.0 Å². The first-order valence-corrected chi connectivity index (χ1v) is 8.86. The number of carbonyl (C=O) groups excluding carboxylic acids is 2. The molecule has 0 aliphatic carbocycles. The Kier molecular flexibility index (Phi) is 4.80. The lowest BCUT2D eigenvalue weighted by molar-refractivity contribution is -0.129. The van der Waals surface area contributed by atoms with Crippen LogP contribution >= 0.6 is 0 Å². The number of benzene rings is 1. The second kappa shape index (κ2) is 6.87. The van der Waals surface area contributed by atoms with Gasteiger partial charge in [-0.2, -0.15) is 0 Å². The Balaban J connectivity index is 1.73. The van der Waals surface area contributed by atoms with E-state index in [1.807, 2.05) is 50.0 Å². The Morgan fingerprint density at radius 1 is 1.20 bits per heavy atom. The van der Waals surface area contributed by atoms with E-state index in [9.17, 15) is 9.59 Å². The fourth-order valence-electron chi connectivity index (χ4n) is 3.78. The molecule has 2 heterocycles. The fraction of sp³-hybridized carbons (Fsp3) is 0.429. The topological polar surface area (TPSA) is 46.6 Å². The van der Waals surface area contributed by atoms with Crippen LogP contribution in [0, 0.1) is 13.8 Å². The third-order valence-electron chi connectivity index (χ3n) is 5.06. The molecular weight excluding hydrogens is 314 g/mol. The minimum absolute atomic E-state index is 0.0159. The SMILES string of the molecule is C/C=C/C=C/C(=O)N1CCC2(CC1)CC(=O)c1c(C)cc(C)cc1O2. The number of Topliss-reactive ketones (excluding diaryl/α,β-unsaturated/α-hetero) is 1. The Hall–Kier alpha value is -2.36. The smallest absolute Gasteiger partial charge is 0.246 e. The van der Waals surface area contributed by atoms with Crippen molar-refractivity contribution in [3.05, 3.63) is 53.1 Å². The maximum Gasteiger partial charge on any atom is 0.246 e. The zero-order chi connectivity index (χ0) is 18.0. The van der Waals surface area contributed by atoms with Crippen LogP contribution in [0.15, 0.2) is 36.4 Å². The number of hydrogen-bond donors (Lipinski definition) is 0. The largest absolute Gasteiger partial charge is 0.486 e. The van der Waals surface area contributed by atoms with Gasteiger partial charge in [-0.25, -0.2) is 0 Å². The maximum absolute atomic E-state index is 12.7. The lowest BCUT2D eigenvalue weighted by Crippen LogP contribution is -2.52. The van der Waals surface area contributed by atoms with Crippen LogP contribution in [-0.4, -0.2) is 35.3 Å². The molecule has 132 valence electrons. The summed E-state index contributed by atoms with van der Waals surface area (Å²) >= 11 is 0. The lowest BCUT2D eigenvalue weighted by Gasteiger charge is -2.44. The van der Waals surface area contributed by atoms with Crippen molar-refractivity contribution in [3.63, 3.8) is 0 Å². The molecule has 4 nitrogen and oxygen atoms in total. The second-order valence-corrected chi connectivity index (χ2v) is 7.05. The monoisotopic (exact) mass is 339 g/mol. The van der Waals surface area contributed by atoms with Gasteiger partial charge in [-0.1, -0.05) is 24.3 Å². The average Bonchev–Trinajstić information content (AvgIpc) is 2.54. The van der Waals surface area contributed by atoms with E-state index in [0.717, 1.165) is 16.7 Å². The highest BCUT2D eigenvalue weighted by Gasteiger charge is 2.43. The molecule has 1 aromatic carbocycles. The minimum atomic E-state index is -0.464. The first-order valence-electron chi connectivity index (χ1n) is 8.86. The molecule has 2 aliphatic heterocycles. The van der Waals surface area contributed by atoms with Gasteiger partial charge in [0.15, 0.2) is 5.78 Å². The third kappa shape index (κ3) is 3.53. The predicted octanol–water partition coefficient (Wildman–Crippen LogP) is 3.76. The Bertz CT molecular complexity index is 753. The molecule has 1 spiro atoms. The summed E-state index contributed by atoms with van der Waals surface area (Å²) in [7, 11) is 0. The van der Waals surface area contributed by atoms with Crippen LogP contribution in [-0.2, 0) is 4.79 Å². The molecule has 1 saturated heterocycles. The summed E-state index contributed by atoms with van der Waals surface area (Å²) in [6, 6.07) is 3.98. The highest BCUT2D eigenvalue weighted by atomic mass is 16.5. The summed E-state index contributed by atoms with van der Waals surface area (Å²) in [5.41, 5.74) is 2.34. The van der Waals surface area contributed by atoms with Crippen molar-refractivity contribution in [2.75, 3.05) is 13.1 Å². The highest BCUT2D eigenvalue weighted by molar-refractivity contribution is 6.01. The van der Waals surface area contributed by atoms with Crippen molar-refractivity contribution in [2.24, 2.45) is 0 Å². The van der Waals surface area contributed by atoms with Crippen molar-refractivity contribution < 1.29 is 14.3 Å². The highest BCUT2D eigenvalue weighted by Crippen LogP contribution is 2.41. The third-order valence-corrected chi connectivity index (χ3v) is 5.06. The summed E-state index contributed by atoms with van der Waals surface area (Å²) in [5.74, 6) is 0.884. The molecular formula is C21H25NO3. The van der Waals surface area contributed by atoms with Crippen LogP contribution in [0.25, 0.3) is 0 Å². The number of amides is 1. The zero-order valence-corrected chi connectivity index (χ0v) is 15.2. The quantitative estimate of drug-likeness (QED) is 0.609. The van der Waals surface area contributed by atoms with Crippen LogP contribution in [0.1, 0.15) is 47.7 Å². The minimum Gasteiger partial charge on any atom is -0.486 e. The van der Waals surface area contributed by atoms with E-state index in [0.29, 0.717) is 38.1 Å². The van der Waals surface area contributed by atoms with Crippen LogP contribution < -0.4 is 4.74 Å². The number of rotatable bonds is 2. The van der Waals surface area contributed by atoms with Crippen LogP contribution in [0.3, 0.4) is 0 Å². The van der Waals surface area contributed by atoms with Gasteiger partial charge in [0.2, 0.25) is 5.91 Å². The van der Waals surface area contributed by atoms with Crippen molar-refractivity contribution in [2.45, 2.75) is 45.6 Å². The Morgan fingerprint density at radius 2 is 1.92 bits per heavy atom. The van der Waals surface area contributed by atoms with Crippen LogP contribution in [0.4, 0.5) is 0 Å². The molecule has 0 aromatic heterocycles. The molecule has 2 aliphatic rings. The molecule has 0 atom stereocenters. The van der Waals surface area contributed by atoms with Gasteiger partial charge in [0.25, 0.3) is 0 Å². The van der Waals surface area contributed by atoms with E-state index in [1.54, 1.807) is 12.2 Å². The van der Waals surface area contributed by atoms with Gasteiger partial charge >= 0.3 is 0 Å². The van der Waals surface area contributed by atoms with Gasteiger partial charge < -0.3 is 9.64 Å². The number of ether oxygens (including phenoxy) is 1. The van der Waals surface area contributed by atoms with Crippen LogP contribution in [0.2, 0.25) is 0 Å². The van der Waals surface area contributed by atoms with Gasteiger partial charge in [-0.3, -0.25) is 9.59 Å². The fourth-order valence-corrected chi connectivity index (χ4v) is 3.78. The van der Waals surface area contributed by atoms with E-state index < -0.39 is 5.60 Å². The van der Waals surface area contributed by atoms with Gasteiger partial charge in [-0.15, -0.1) is 0 Å². The molecule has 4 heteroatoms. The zero-order valence-electron chi connectivity index (χ0n) is 15.2. The summed E-state index contributed by atoms with van der Waals surface area (Å²) in [6.07, 6.45) is 8.86. The van der Waals surface area contributed by atoms with Crippen molar-refractivity contribution in [1.82, 2.24) is 4.90 Å². The number of fused-ring (bicyclic) bond motifs is 1.